The number of likely N-dealkylation sites (tertiary alicyclic amines) is 1. The van der Waals surface area contributed by atoms with Gasteiger partial charge in [-0.1, -0.05) is 61.7 Å². The van der Waals surface area contributed by atoms with E-state index in [2.05, 4.69) is 16.7 Å². The Kier molecular flexibility index (Phi) is 6.16. The molecule has 0 bridgehead atoms. The summed E-state index contributed by atoms with van der Waals surface area (Å²) in [5.41, 5.74) is 2.98. The summed E-state index contributed by atoms with van der Waals surface area (Å²) < 4.78 is 2.06. The van der Waals surface area contributed by atoms with Gasteiger partial charge in [-0.25, -0.2) is 4.98 Å². The monoisotopic (exact) mass is 444 g/mol. The number of carbonyl (C=O) groups is 2. The van der Waals surface area contributed by atoms with Crippen molar-refractivity contribution >= 4 is 22.8 Å². The number of rotatable bonds is 6. The minimum atomic E-state index is -0.0126. The number of hydrogen-bond donors (Lipinski definition) is 0. The molecule has 1 atom stereocenters. The van der Waals surface area contributed by atoms with Gasteiger partial charge >= 0.3 is 0 Å². The fourth-order valence-corrected chi connectivity index (χ4v) is 5.39. The number of imidazole rings is 1. The van der Waals surface area contributed by atoms with Crippen LogP contribution in [0.3, 0.4) is 0 Å². The Bertz CT molecular complexity index is 1130. The van der Waals surface area contributed by atoms with E-state index in [-0.39, 0.29) is 24.3 Å². The smallest absolute Gasteiger partial charge is 0.242 e. The zero-order chi connectivity index (χ0) is 22.8. The standard InChI is InChI=1S/C27H32N4O2/c1-29(22-12-6-3-7-13-22)26(33)19-31-24-15-9-8-14-23(24)28-27(31)21-16-25(32)30(18-21)17-20-10-4-2-5-11-20/h2,4-5,8-11,14-15,21-22H,3,6-7,12-13,16-19H2,1H3. The van der Waals surface area contributed by atoms with Crippen LogP contribution < -0.4 is 0 Å². The van der Waals surface area contributed by atoms with Gasteiger partial charge in [0.2, 0.25) is 11.8 Å². The van der Waals surface area contributed by atoms with Crippen LogP contribution in [-0.2, 0) is 22.7 Å². The molecule has 1 aliphatic heterocycles. The number of hydrogen-bond acceptors (Lipinski definition) is 3. The minimum absolute atomic E-state index is 0.0126. The Morgan fingerprint density at radius 2 is 1.76 bits per heavy atom. The number of carbonyl (C=O) groups excluding carboxylic acids is 2. The van der Waals surface area contributed by atoms with Gasteiger partial charge in [0.05, 0.1) is 11.0 Å². The molecule has 1 saturated carbocycles. The number of amides is 2. The molecule has 0 spiro atoms. The van der Waals surface area contributed by atoms with Crippen LogP contribution in [0.4, 0.5) is 0 Å². The summed E-state index contributed by atoms with van der Waals surface area (Å²) in [4.78, 5) is 34.9. The summed E-state index contributed by atoms with van der Waals surface area (Å²) in [6.07, 6.45) is 6.27. The molecule has 0 radical (unpaired) electrons. The molecule has 3 aromatic rings. The summed E-state index contributed by atoms with van der Waals surface area (Å²) in [6, 6.07) is 18.4. The van der Waals surface area contributed by atoms with E-state index in [9.17, 15) is 9.59 Å². The van der Waals surface area contributed by atoms with Gasteiger partial charge in [-0.3, -0.25) is 9.59 Å². The summed E-state index contributed by atoms with van der Waals surface area (Å²) >= 11 is 0. The minimum Gasteiger partial charge on any atom is -0.341 e. The quantitative estimate of drug-likeness (QED) is 0.568. The number of para-hydroxylation sites is 2. The highest BCUT2D eigenvalue weighted by Gasteiger charge is 2.34. The average molecular weight is 445 g/mol. The van der Waals surface area contributed by atoms with E-state index in [0.29, 0.717) is 25.6 Å². The van der Waals surface area contributed by atoms with Crippen LogP contribution in [0.5, 0.6) is 0 Å². The molecule has 1 saturated heterocycles. The topological polar surface area (TPSA) is 58.4 Å². The number of fused-ring (bicyclic) bond motifs is 1. The third kappa shape index (κ3) is 4.52. The lowest BCUT2D eigenvalue weighted by Gasteiger charge is -2.31. The molecule has 33 heavy (non-hydrogen) atoms. The molecular formula is C27H32N4O2. The van der Waals surface area contributed by atoms with E-state index in [4.69, 9.17) is 4.98 Å². The fraction of sp³-hybridized carbons (Fsp3) is 0.444. The van der Waals surface area contributed by atoms with Crippen molar-refractivity contribution in [3.63, 3.8) is 0 Å². The lowest BCUT2D eigenvalue weighted by atomic mass is 9.94. The molecule has 2 fully saturated rings. The first kappa shape index (κ1) is 21.7. The second-order valence-electron chi connectivity index (χ2n) is 9.50. The molecule has 2 heterocycles. The predicted octanol–water partition coefficient (Wildman–Crippen LogP) is 4.34. The average Bonchev–Trinajstić information content (AvgIpc) is 3.40. The largest absolute Gasteiger partial charge is 0.341 e. The SMILES string of the molecule is CN(C(=O)Cn1c(C2CC(=O)N(Cc3ccccc3)C2)nc2ccccc21)C1CCCCC1. The lowest BCUT2D eigenvalue weighted by molar-refractivity contribution is -0.133. The van der Waals surface area contributed by atoms with Crippen LogP contribution in [-0.4, -0.2) is 50.8 Å². The molecule has 1 aliphatic carbocycles. The number of likely N-dealkylation sites (N-methyl/N-ethyl adjacent to an activating group) is 1. The summed E-state index contributed by atoms with van der Waals surface area (Å²) in [7, 11) is 1.94. The summed E-state index contributed by atoms with van der Waals surface area (Å²) in [5.74, 6) is 1.11. The summed E-state index contributed by atoms with van der Waals surface area (Å²) in [5, 5.41) is 0. The zero-order valence-corrected chi connectivity index (χ0v) is 19.3. The molecule has 1 aromatic heterocycles. The van der Waals surface area contributed by atoms with Gasteiger partial charge in [0.25, 0.3) is 0 Å². The van der Waals surface area contributed by atoms with Gasteiger partial charge in [-0.05, 0) is 30.5 Å². The van der Waals surface area contributed by atoms with Gasteiger partial charge in [-0.15, -0.1) is 0 Å². The highest BCUT2D eigenvalue weighted by Crippen LogP contribution is 2.31. The van der Waals surface area contributed by atoms with E-state index in [1.165, 1.54) is 19.3 Å². The van der Waals surface area contributed by atoms with Gasteiger partial charge in [-0.2, -0.15) is 0 Å². The van der Waals surface area contributed by atoms with E-state index >= 15 is 0 Å². The van der Waals surface area contributed by atoms with Crippen molar-refractivity contribution in [2.45, 2.75) is 63.6 Å². The van der Waals surface area contributed by atoms with E-state index in [1.807, 2.05) is 59.3 Å². The fourth-order valence-electron chi connectivity index (χ4n) is 5.39. The Balaban J connectivity index is 1.39. The normalized spacial score (nSPS) is 19.4. The molecule has 1 unspecified atom stereocenters. The van der Waals surface area contributed by atoms with Crippen molar-refractivity contribution in [2.24, 2.45) is 0 Å². The maximum absolute atomic E-state index is 13.3. The first-order valence-corrected chi connectivity index (χ1v) is 12.1. The van der Waals surface area contributed by atoms with Crippen LogP contribution in [0.15, 0.2) is 54.6 Å². The van der Waals surface area contributed by atoms with Crippen LogP contribution in [0.1, 0.15) is 55.8 Å². The van der Waals surface area contributed by atoms with Gasteiger partial charge < -0.3 is 14.4 Å². The van der Waals surface area contributed by atoms with Crippen LogP contribution in [0.2, 0.25) is 0 Å². The van der Waals surface area contributed by atoms with E-state index < -0.39 is 0 Å². The molecule has 2 aromatic carbocycles. The van der Waals surface area contributed by atoms with Crippen molar-refractivity contribution in [1.82, 2.24) is 19.4 Å². The highest BCUT2D eigenvalue weighted by molar-refractivity contribution is 5.83. The number of nitrogens with zero attached hydrogens (tertiary/aromatic N) is 4. The molecule has 0 N–H and O–H groups in total. The molecule has 5 rings (SSSR count). The third-order valence-corrected chi connectivity index (χ3v) is 7.29. The Morgan fingerprint density at radius 3 is 2.55 bits per heavy atom. The molecule has 6 heteroatoms. The number of aromatic nitrogens is 2. The molecule has 2 amide bonds. The number of benzene rings is 2. The van der Waals surface area contributed by atoms with Crippen LogP contribution in [0.25, 0.3) is 11.0 Å². The third-order valence-electron chi connectivity index (χ3n) is 7.29. The first-order valence-electron chi connectivity index (χ1n) is 12.1. The van der Waals surface area contributed by atoms with Gasteiger partial charge in [0.1, 0.15) is 12.4 Å². The van der Waals surface area contributed by atoms with E-state index in [1.54, 1.807) is 0 Å². The Hall–Kier alpha value is -3.15. The molecule has 2 aliphatic rings. The molecule has 6 nitrogen and oxygen atoms in total. The Labute approximate surface area is 195 Å². The predicted molar refractivity (Wildman–Crippen MR) is 129 cm³/mol. The second kappa shape index (κ2) is 9.38. The highest BCUT2D eigenvalue weighted by atomic mass is 16.2. The van der Waals surface area contributed by atoms with Crippen LogP contribution >= 0.6 is 0 Å². The van der Waals surface area contributed by atoms with E-state index in [0.717, 1.165) is 35.3 Å². The van der Waals surface area contributed by atoms with Crippen molar-refractivity contribution < 1.29 is 9.59 Å². The second-order valence-corrected chi connectivity index (χ2v) is 9.50. The summed E-state index contributed by atoms with van der Waals surface area (Å²) in [6.45, 7) is 1.51. The maximum atomic E-state index is 13.3. The lowest BCUT2D eigenvalue weighted by Crippen LogP contribution is -2.40. The Morgan fingerprint density at radius 1 is 1.03 bits per heavy atom. The zero-order valence-electron chi connectivity index (χ0n) is 19.3. The van der Waals surface area contributed by atoms with Crippen molar-refractivity contribution in [1.29, 1.82) is 0 Å². The van der Waals surface area contributed by atoms with Gasteiger partial charge in [0, 0.05) is 38.5 Å². The molecule has 172 valence electrons. The van der Waals surface area contributed by atoms with Crippen LogP contribution in [0, 0.1) is 0 Å². The maximum Gasteiger partial charge on any atom is 0.242 e. The van der Waals surface area contributed by atoms with Gasteiger partial charge in [0.15, 0.2) is 0 Å². The van der Waals surface area contributed by atoms with Crippen molar-refractivity contribution in [2.75, 3.05) is 13.6 Å². The first-order chi connectivity index (χ1) is 16.1. The molecular weight excluding hydrogens is 412 g/mol. The van der Waals surface area contributed by atoms with Crippen molar-refractivity contribution in [3.05, 3.63) is 66.0 Å². The van der Waals surface area contributed by atoms with Crippen molar-refractivity contribution in [3.8, 4) is 0 Å².